The predicted molar refractivity (Wildman–Crippen MR) is 145 cm³/mol. The molecule has 0 amide bonds. The lowest BCUT2D eigenvalue weighted by Crippen LogP contribution is -2.77. The number of aliphatic hydroxyl groups excluding tert-OH is 3. The molecule has 13 unspecified atom stereocenters. The van der Waals surface area contributed by atoms with Crippen LogP contribution in [0.2, 0.25) is 0 Å². The second kappa shape index (κ2) is 7.63. The SMILES string of the molecule is CC1CCC2(C)CCC3(C)C(=CCC4C3(C)CCC3(C)C(C)(C(=O)O)C(O)C(O)C(O)C43C)C2(C)C1C. The Morgan fingerprint density at radius 2 is 1.49 bits per heavy atom. The zero-order chi connectivity index (χ0) is 27.8. The summed E-state index contributed by atoms with van der Waals surface area (Å²) >= 11 is 0. The van der Waals surface area contributed by atoms with E-state index in [9.17, 15) is 25.2 Å². The van der Waals surface area contributed by atoms with Crippen molar-refractivity contribution >= 4 is 5.97 Å². The Morgan fingerprint density at radius 3 is 2.08 bits per heavy atom. The van der Waals surface area contributed by atoms with Crippen molar-refractivity contribution in [2.45, 2.75) is 126 Å². The van der Waals surface area contributed by atoms with Crippen molar-refractivity contribution in [1.82, 2.24) is 0 Å². The van der Waals surface area contributed by atoms with Crippen LogP contribution in [0.3, 0.4) is 0 Å². The summed E-state index contributed by atoms with van der Waals surface area (Å²) in [6.45, 7) is 20.4. The van der Waals surface area contributed by atoms with Gasteiger partial charge in [-0.2, -0.15) is 0 Å². The summed E-state index contributed by atoms with van der Waals surface area (Å²) < 4.78 is 0. The minimum absolute atomic E-state index is 0.00685. The fourth-order valence-electron chi connectivity index (χ4n) is 11.7. The van der Waals surface area contributed by atoms with Gasteiger partial charge in [0.2, 0.25) is 0 Å². The van der Waals surface area contributed by atoms with Crippen molar-refractivity contribution in [1.29, 1.82) is 0 Å². The average molecular weight is 517 g/mol. The molecule has 0 radical (unpaired) electrons. The standard InChI is InChI=1S/C32H52O5/c1-18-12-13-26(3)14-15-27(4)20(30(26,7)19(18)2)10-11-21-28(27,5)16-17-29(6)31(21,8)23(34)22(33)24(35)32(29,9)25(36)37/h10,18-19,21-24,33-35H,11-17H2,1-9H3,(H,36,37). The van der Waals surface area contributed by atoms with E-state index in [1.165, 1.54) is 19.3 Å². The van der Waals surface area contributed by atoms with Crippen molar-refractivity contribution in [3.63, 3.8) is 0 Å². The molecule has 5 nitrogen and oxygen atoms in total. The summed E-state index contributed by atoms with van der Waals surface area (Å²) in [5.74, 6) is 0.154. The fraction of sp³-hybridized carbons (Fsp3) is 0.906. The number of carboxylic acid groups (broad SMARTS) is 1. The van der Waals surface area contributed by atoms with Crippen LogP contribution in [0, 0.1) is 55.7 Å². The van der Waals surface area contributed by atoms with Crippen LogP contribution in [-0.2, 0) is 4.79 Å². The molecule has 0 bridgehead atoms. The van der Waals surface area contributed by atoms with Gasteiger partial charge < -0.3 is 20.4 Å². The second-order valence-corrected chi connectivity index (χ2v) is 15.7. The van der Waals surface area contributed by atoms with Crippen LogP contribution < -0.4 is 0 Å². The first-order valence-corrected chi connectivity index (χ1v) is 14.8. The van der Waals surface area contributed by atoms with Crippen LogP contribution in [-0.4, -0.2) is 44.7 Å². The van der Waals surface area contributed by atoms with Gasteiger partial charge in [0.1, 0.15) is 6.10 Å². The van der Waals surface area contributed by atoms with E-state index in [-0.39, 0.29) is 27.6 Å². The molecule has 4 saturated carbocycles. The zero-order valence-electron chi connectivity index (χ0n) is 24.7. The Bertz CT molecular complexity index is 1040. The van der Waals surface area contributed by atoms with Crippen molar-refractivity contribution in [2.75, 3.05) is 0 Å². The number of aliphatic hydroxyl groups is 3. The van der Waals surface area contributed by atoms with Crippen LogP contribution in [0.1, 0.15) is 107 Å². The number of carbonyl (C=O) groups is 1. The first-order chi connectivity index (χ1) is 16.8. The highest BCUT2D eigenvalue weighted by Crippen LogP contribution is 2.80. The van der Waals surface area contributed by atoms with E-state index < -0.39 is 40.5 Å². The Morgan fingerprint density at radius 1 is 0.865 bits per heavy atom. The van der Waals surface area contributed by atoms with E-state index in [4.69, 9.17) is 0 Å². The Kier molecular flexibility index (Phi) is 5.70. The number of hydrogen-bond acceptors (Lipinski definition) is 4. The highest BCUT2D eigenvalue weighted by Gasteiger charge is 2.78. The summed E-state index contributed by atoms with van der Waals surface area (Å²) in [6, 6.07) is 0. The topological polar surface area (TPSA) is 98.0 Å². The van der Waals surface area contributed by atoms with Gasteiger partial charge in [0.05, 0.1) is 17.6 Å². The fourth-order valence-corrected chi connectivity index (χ4v) is 11.7. The first kappa shape index (κ1) is 27.6. The van der Waals surface area contributed by atoms with Gasteiger partial charge in [-0.05, 0) is 96.7 Å². The Hall–Kier alpha value is -0.910. The summed E-state index contributed by atoms with van der Waals surface area (Å²) in [4.78, 5) is 12.8. The van der Waals surface area contributed by atoms with Gasteiger partial charge in [-0.3, -0.25) is 4.79 Å². The number of hydrogen-bond donors (Lipinski definition) is 4. The summed E-state index contributed by atoms with van der Waals surface area (Å²) in [7, 11) is 0. The van der Waals surface area contributed by atoms with Crippen molar-refractivity contribution in [2.24, 2.45) is 55.7 Å². The van der Waals surface area contributed by atoms with E-state index in [0.29, 0.717) is 18.3 Å². The van der Waals surface area contributed by atoms with Crippen molar-refractivity contribution in [3.8, 4) is 0 Å². The highest BCUT2D eigenvalue weighted by atomic mass is 16.4. The molecule has 13 atom stereocenters. The molecule has 4 N–H and O–H groups in total. The lowest BCUT2D eigenvalue weighted by Gasteiger charge is -2.76. The van der Waals surface area contributed by atoms with Gasteiger partial charge in [0, 0.05) is 5.41 Å². The normalized spacial score (nSPS) is 61.4. The maximum Gasteiger partial charge on any atom is 0.312 e. The lowest BCUT2D eigenvalue weighted by molar-refractivity contribution is -0.316. The van der Waals surface area contributed by atoms with E-state index in [2.05, 4.69) is 47.6 Å². The maximum absolute atomic E-state index is 12.8. The molecule has 4 fully saturated rings. The van der Waals surface area contributed by atoms with Crippen LogP contribution in [0.4, 0.5) is 0 Å². The summed E-state index contributed by atoms with van der Waals surface area (Å²) in [6.07, 6.45) is 5.35. The monoisotopic (exact) mass is 516 g/mol. The number of carboxylic acids is 1. The first-order valence-electron chi connectivity index (χ1n) is 14.8. The predicted octanol–water partition coefficient (Wildman–Crippen LogP) is 5.81. The van der Waals surface area contributed by atoms with Gasteiger partial charge in [-0.1, -0.05) is 67.0 Å². The molecule has 5 rings (SSSR count). The number of allylic oxidation sites excluding steroid dienone is 2. The minimum atomic E-state index is -1.56. The third-order valence-electron chi connectivity index (χ3n) is 15.6. The summed E-state index contributed by atoms with van der Waals surface area (Å²) in [5, 5.41) is 44.4. The molecule has 0 saturated heterocycles. The average Bonchev–Trinajstić information content (AvgIpc) is 2.84. The molecule has 0 heterocycles. The lowest BCUT2D eigenvalue weighted by atomic mass is 9.28. The molecule has 5 aliphatic carbocycles. The summed E-state index contributed by atoms with van der Waals surface area (Å²) in [5.41, 5.74) is -1.56. The van der Waals surface area contributed by atoms with Crippen LogP contribution in [0.25, 0.3) is 0 Å². The Labute approximate surface area is 224 Å². The molecule has 0 spiro atoms. The van der Waals surface area contributed by atoms with Gasteiger partial charge in [-0.15, -0.1) is 0 Å². The third-order valence-corrected chi connectivity index (χ3v) is 15.6. The van der Waals surface area contributed by atoms with E-state index >= 15 is 0 Å². The van der Waals surface area contributed by atoms with Crippen molar-refractivity contribution in [3.05, 3.63) is 11.6 Å². The van der Waals surface area contributed by atoms with E-state index in [0.717, 1.165) is 19.3 Å². The molecule has 5 heteroatoms. The number of aliphatic carboxylic acids is 1. The largest absolute Gasteiger partial charge is 0.481 e. The molecule has 0 aliphatic heterocycles. The van der Waals surface area contributed by atoms with Gasteiger partial charge in [-0.25, -0.2) is 0 Å². The molecule has 0 aromatic rings. The molecule has 0 aromatic heterocycles. The molecule has 5 aliphatic rings. The van der Waals surface area contributed by atoms with Gasteiger partial charge in [0.15, 0.2) is 0 Å². The van der Waals surface area contributed by atoms with Crippen LogP contribution >= 0.6 is 0 Å². The maximum atomic E-state index is 12.8. The van der Waals surface area contributed by atoms with E-state index in [1.807, 2.05) is 13.8 Å². The molecular weight excluding hydrogens is 464 g/mol. The minimum Gasteiger partial charge on any atom is -0.481 e. The Balaban J connectivity index is 1.71. The highest BCUT2D eigenvalue weighted by molar-refractivity contribution is 5.77. The number of fused-ring (bicyclic) bond motifs is 7. The van der Waals surface area contributed by atoms with Gasteiger partial charge >= 0.3 is 5.97 Å². The van der Waals surface area contributed by atoms with Crippen LogP contribution in [0.15, 0.2) is 11.6 Å². The smallest absolute Gasteiger partial charge is 0.312 e. The second-order valence-electron chi connectivity index (χ2n) is 15.7. The zero-order valence-corrected chi connectivity index (χ0v) is 24.7. The van der Waals surface area contributed by atoms with Gasteiger partial charge in [0.25, 0.3) is 0 Å². The molecular formula is C32H52O5. The quantitative estimate of drug-likeness (QED) is 0.330. The van der Waals surface area contributed by atoms with Crippen LogP contribution in [0.5, 0.6) is 0 Å². The van der Waals surface area contributed by atoms with E-state index in [1.54, 1.807) is 12.5 Å². The third kappa shape index (κ3) is 2.66. The molecule has 37 heavy (non-hydrogen) atoms. The van der Waals surface area contributed by atoms with Crippen molar-refractivity contribution < 1.29 is 25.2 Å². The molecule has 210 valence electrons. The number of rotatable bonds is 1. The molecule has 0 aromatic carbocycles.